The number of hydrogen-bond acceptors (Lipinski definition) is 3. The Bertz CT molecular complexity index is 360. The summed E-state index contributed by atoms with van der Waals surface area (Å²) in [6.45, 7) is 2.29. The van der Waals surface area contributed by atoms with E-state index in [0.29, 0.717) is 12.1 Å². The molecule has 0 saturated heterocycles. The zero-order valence-electron chi connectivity index (χ0n) is 11.3. The molecule has 3 N–H and O–H groups in total. The van der Waals surface area contributed by atoms with E-state index in [4.69, 9.17) is 5.73 Å². The molecule has 1 rings (SSSR count). The predicted molar refractivity (Wildman–Crippen MR) is 74.5 cm³/mol. The topological polar surface area (TPSA) is 58.4 Å². The van der Waals surface area contributed by atoms with Gasteiger partial charge in [0.25, 0.3) is 5.91 Å². The normalized spacial score (nSPS) is 10.7. The van der Waals surface area contributed by atoms with Crippen LogP contribution in [0.5, 0.6) is 0 Å². The Labute approximate surface area is 109 Å². The monoisotopic (exact) mass is 249 g/mol. The van der Waals surface area contributed by atoms with Crippen LogP contribution in [0, 0.1) is 0 Å². The lowest BCUT2D eigenvalue weighted by molar-refractivity contribution is 0.0953. The molecular formula is C14H23N3O. The Morgan fingerprint density at radius 3 is 2.44 bits per heavy atom. The van der Waals surface area contributed by atoms with Gasteiger partial charge in [-0.25, -0.2) is 0 Å². The van der Waals surface area contributed by atoms with Crippen LogP contribution in [0.2, 0.25) is 0 Å². The highest BCUT2D eigenvalue weighted by Crippen LogP contribution is 2.03. The summed E-state index contributed by atoms with van der Waals surface area (Å²) in [6, 6.07) is 7.41. The molecule has 4 nitrogen and oxygen atoms in total. The van der Waals surface area contributed by atoms with Crippen LogP contribution in [-0.4, -0.2) is 38.0 Å². The molecule has 0 aliphatic heterocycles. The fraction of sp³-hybridized carbons (Fsp3) is 0.500. The predicted octanol–water partition coefficient (Wildman–Crippen LogP) is 1.22. The van der Waals surface area contributed by atoms with E-state index in [0.717, 1.165) is 31.5 Å². The first-order valence-corrected chi connectivity index (χ1v) is 6.35. The van der Waals surface area contributed by atoms with Crippen molar-refractivity contribution in [1.29, 1.82) is 0 Å². The third kappa shape index (κ3) is 5.29. The Kier molecular flexibility index (Phi) is 6.39. The highest BCUT2D eigenvalue weighted by atomic mass is 16.1. The minimum atomic E-state index is -0.0107. The largest absolute Gasteiger partial charge is 0.352 e. The minimum absolute atomic E-state index is 0.0107. The molecule has 0 saturated carbocycles. The van der Waals surface area contributed by atoms with Crippen LogP contribution in [0.15, 0.2) is 24.3 Å². The SMILES string of the molecule is CN(C)CCCCNC(=O)c1ccc(CN)cc1. The van der Waals surface area contributed by atoms with Gasteiger partial charge in [0.05, 0.1) is 0 Å². The third-order valence-electron chi connectivity index (χ3n) is 2.77. The summed E-state index contributed by atoms with van der Waals surface area (Å²) in [5.74, 6) is -0.0107. The molecule has 0 radical (unpaired) electrons. The van der Waals surface area contributed by atoms with Gasteiger partial charge < -0.3 is 16.0 Å². The zero-order chi connectivity index (χ0) is 13.4. The summed E-state index contributed by atoms with van der Waals surface area (Å²) in [6.07, 6.45) is 2.10. The molecule has 0 atom stereocenters. The lowest BCUT2D eigenvalue weighted by atomic mass is 10.1. The van der Waals surface area contributed by atoms with Crippen LogP contribution in [0.3, 0.4) is 0 Å². The van der Waals surface area contributed by atoms with E-state index in [-0.39, 0.29) is 5.91 Å². The number of nitrogens with zero attached hydrogens (tertiary/aromatic N) is 1. The molecule has 1 aromatic carbocycles. The molecule has 0 aromatic heterocycles. The number of carbonyl (C=O) groups excluding carboxylic acids is 1. The summed E-state index contributed by atoms with van der Waals surface area (Å²) >= 11 is 0. The summed E-state index contributed by atoms with van der Waals surface area (Å²) in [7, 11) is 4.11. The second kappa shape index (κ2) is 7.84. The first-order valence-electron chi connectivity index (χ1n) is 6.35. The molecule has 4 heteroatoms. The van der Waals surface area contributed by atoms with Crippen molar-refractivity contribution in [2.75, 3.05) is 27.2 Å². The number of nitrogens with two attached hydrogens (primary N) is 1. The van der Waals surface area contributed by atoms with Crippen molar-refractivity contribution in [2.45, 2.75) is 19.4 Å². The molecule has 0 unspecified atom stereocenters. The van der Waals surface area contributed by atoms with Gasteiger partial charge in [0, 0.05) is 18.7 Å². The summed E-state index contributed by atoms with van der Waals surface area (Å²) < 4.78 is 0. The van der Waals surface area contributed by atoms with Crippen molar-refractivity contribution in [3.63, 3.8) is 0 Å². The van der Waals surface area contributed by atoms with E-state index in [1.807, 2.05) is 24.3 Å². The second-order valence-corrected chi connectivity index (χ2v) is 4.67. The number of nitrogens with one attached hydrogen (secondary N) is 1. The van der Waals surface area contributed by atoms with Crippen LogP contribution in [0.4, 0.5) is 0 Å². The van der Waals surface area contributed by atoms with Gasteiger partial charge in [0.1, 0.15) is 0 Å². The molecule has 18 heavy (non-hydrogen) atoms. The average Bonchev–Trinajstić information content (AvgIpc) is 2.38. The highest BCUT2D eigenvalue weighted by molar-refractivity contribution is 5.94. The quantitative estimate of drug-likeness (QED) is 0.714. The van der Waals surface area contributed by atoms with E-state index in [1.54, 1.807) is 0 Å². The van der Waals surface area contributed by atoms with E-state index >= 15 is 0 Å². The maximum absolute atomic E-state index is 11.8. The van der Waals surface area contributed by atoms with E-state index < -0.39 is 0 Å². The zero-order valence-corrected chi connectivity index (χ0v) is 11.3. The van der Waals surface area contributed by atoms with Gasteiger partial charge in [-0.3, -0.25) is 4.79 Å². The highest BCUT2D eigenvalue weighted by Gasteiger charge is 2.03. The fourth-order valence-corrected chi connectivity index (χ4v) is 1.65. The van der Waals surface area contributed by atoms with Gasteiger partial charge in [-0.1, -0.05) is 12.1 Å². The maximum Gasteiger partial charge on any atom is 0.251 e. The Hall–Kier alpha value is -1.39. The van der Waals surface area contributed by atoms with Crippen LogP contribution >= 0.6 is 0 Å². The summed E-state index contributed by atoms with van der Waals surface area (Å²) in [5.41, 5.74) is 7.24. The van der Waals surface area contributed by atoms with Crippen LogP contribution in [-0.2, 0) is 6.54 Å². The van der Waals surface area contributed by atoms with E-state index in [2.05, 4.69) is 24.3 Å². The van der Waals surface area contributed by atoms with E-state index in [1.165, 1.54) is 0 Å². The standard InChI is InChI=1S/C14H23N3O/c1-17(2)10-4-3-9-16-14(18)13-7-5-12(11-15)6-8-13/h5-8H,3-4,9-11,15H2,1-2H3,(H,16,18). The first-order chi connectivity index (χ1) is 8.63. The van der Waals surface area contributed by atoms with Crippen molar-refractivity contribution in [2.24, 2.45) is 5.73 Å². The molecule has 0 fully saturated rings. The molecule has 0 bridgehead atoms. The van der Waals surface area contributed by atoms with Gasteiger partial charge in [-0.2, -0.15) is 0 Å². The number of carbonyl (C=O) groups is 1. The second-order valence-electron chi connectivity index (χ2n) is 4.67. The van der Waals surface area contributed by atoms with Crippen molar-refractivity contribution in [1.82, 2.24) is 10.2 Å². The van der Waals surface area contributed by atoms with Gasteiger partial charge in [0.15, 0.2) is 0 Å². The number of amides is 1. The van der Waals surface area contributed by atoms with Gasteiger partial charge in [-0.05, 0) is 51.2 Å². The Morgan fingerprint density at radius 1 is 1.22 bits per heavy atom. The Balaban J connectivity index is 2.27. The third-order valence-corrected chi connectivity index (χ3v) is 2.77. The summed E-state index contributed by atoms with van der Waals surface area (Å²) in [4.78, 5) is 13.9. The number of rotatable bonds is 7. The molecular weight excluding hydrogens is 226 g/mol. The van der Waals surface area contributed by atoms with Crippen molar-refractivity contribution in [3.8, 4) is 0 Å². The molecule has 0 spiro atoms. The summed E-state index contributed by atoms with van der Waals surface area (Å²) in [5, 5.41) is 2.92. The molecule has 100 valence electrons. The van der Waals surface area contributed by atoms with Gasteiger partial charge >= 0.3 is 0 Å². The molecule has 0 aliphatic carbocycles. The maximum atomic E-state index is 11.8. The smallest absolute Gasteiger partial charge is 0.251 e. The van der Waals surface area contributed by atoms with Crippen molar-refractivity contribution < 1.29 is 4.79 Å². The number of hydrogen-bond donors (Lipinski definition) is 2. The van der Waals surface area contributed by atoms with E-state index in [9.17, 15) is 4.79 Å². The number of unbranched alkanes of at least 4 members (excludes halogenated alkanes) is 1. The average molecular weight is 249 g/mol. The lowest BCUT2D eigenvalue weighted by Crippen LogP contribution is -2.25. The van der Waals surface area contributed by atoms with Crippen LogP contribution in [0.1, 0.15) is 28.8 Å². The van der Waals surface area contributed by atoms with Crippen LogP contribution < -0.4 is 11.1 Å². The lowest BCUT2D eigenvalue weighted by Gasteiger charge is -2.09. The molecule has 1 amide bonds. The van der Waals surface area contributed by atoms with Gasteiger partial charge in [-0.15, -0.1) is 0 Å². The fourth-order valence-electron chi connectivity index (χ4n) is 1.65. The molecule has 1 aromatic rings. The molecule has 0 aliphatic rings. The number of benzene rings is 1. The first kappa shape index (κ1) is 14.7. The minimum Gasteiger partial charge on any atom is -0.352 e. The Morgan fingerprint density at radius 2 is 1.89 bits per heavy atom. The van der Waals surface area contributed by atoms with Crippen LogP contribution in [0.25, 0.3) is 0 Å². The van der Waals surface area contributed by atoms with Crippen molar-refractivity contribution >= 4 is 5.91 Å². The van der Waals surface area contributed by atoms with Crippen molar-refractivity contribution in [3.05, 3.63) is 35.4 Å². The molecule has 0 heterocycles. The van der Waals surface area contributed by atoms with Gasteiger partial charge in [0.2, 0.25) is 0 Å².